The van der Waals surface area contributed by atoms with E-state index in [1.807, 2.05) is 19.1 Å². The van der Waals surface area contributed by atoms with Crippen LogP contribution in [0.15, 0.2) is 48.5 Å². The molecule has 112 valence electrons. The molecule has 0 fully saturated rings. The number of amides is 1. The summed E-state index contributed by atoms with van der Waals surface area (Å²) in [7, 11) is 0. The fourth-order valence-corrected chi connectivity index (χ4v) is 2.10. The number of nitriles is 1. The quantitative estimate of drug-likeness (QED) is 0.888. The predicted molar refractivity (Wildman–Crippen MR) is 87.7 cm³/mol. The van der Waals surface area contributed by atoms with Gasteiger partial charge in [-0.15, -0.1) is 0 Å². The molecule has 0 heterocycles. The number of hydrogen-bond acceptors (Lipinski definition) is 3. The third-order valence-electron chi connectivity index (χ3n) is 3.21. The Morgan fingerprint density at radius 1 is 1.18 bits per heavy atom. The van der Waals surface area contributed by atoms with Crippen LogP contribution in [-0.4, -0.2) is 12.5 Å². The van der Waals surface area contributed by atoms with Crippen LogP contribution in [0.25, 0.3) is 0 Å². The average molecular weight is 314 g/mol. The van der Waals surface area contributed by atoms with Gasteiger partial charge in [0, 0.05) is 10.7 Å². The van der Waals surface area contributed by atoms with Crippen molar-refractivity contribution in [3.8, 4) is 6.07 Å². The van der Waals surface area contributed by atoms with Crippen molar-refractivity contribution in [1.29, 1.82) is 5.26 Å². The second kappa shape index (κ2) is 7.48. The number of nitrogens with zero attached hydrogens (tertiary/aromatic N) is 1. The Kier molecular flexibility index (Phi) is 5.40. The van der Waals surface area contributed by atoms with Crippen LogP contribution in [0, 0.1) is 11.3 Å². The lowest BCUT2D eigenvalue weighted by Crippen LogP contribution is -2.32. The minimum atomic E-state index is -0.105. The van der Waals surface area contributed by atoms with Gasteiger partial charge in [0.2, 0.25) is 5.91 Å². The van der Waals surface area contributed by atoms with E-state index in [1.54, 1.807) is 36.4 Å². The van der Waals surface area contributed by atoms with Crippen LogP contribution in [0.5, 0.6) is 0 Å². The molecule has 2 rings (SSSR count). The third kappa shape index (κ3) is 4.51. The van der Waals surface area contributed by atoms with Crippen molar-refractivity contribution in [2.45, 2.75) is 13.0 Å². The summed E-state index contributed by atoms with van der Waals surface area (Å²) < 4.78 is 0. The van der Waals surface area contributed by atoms with E-state index in [1.165, 1.54) is 0 Å². The summed E-state index contributed by atoms with van der Waals surface area (Å²) in [5.41, 5.74) is 2.38. The second-order valence-corrected chi connectivity index (χ2v) is 5.32. The Bertz CT molecular complexity index is 675. The number of hydrogen-bond donors (Lipinski definition) is 2. The van der Waals surface area contributed by atoms with Gasteiger partial charge in [0.05, 0.1) is 24.2 Å². The normalized spacial score (nSPS) is 11.3. The second-order valence-electron chi connectivity index (χ2n) is 4.88. The molecule has 0 aliphatic heterocycles. The molecular weight excluding hydrogens is 298 g/mol. The molecule has 1 unspecified atom stereocenters. The van der Waals surface area contributed by atoms with Gasteiger partial charge >= 0.3 is 0 Å². The Morgan fingerprint density at radius 2 is 1.82 bits per heavy atom. The Balaban J connectivity index is 1.84. The maximum Gasteiger partial charge on any atom is 0.239 e. The highest BCUT2D eigenvalue weighted by molar-refractivity contribution is 6.30. The van der Waals surface area contributed by atoms with E-state index in [0.717, 1.165) is 11.3 Å². The summed E-state index contributed by atoms with van der Waals surface area (Å²) in [5.74, 6) is -0.105. The largest absolute Gasteiger partial charge is 0.376 e. The number of carbonyl (C=O) groups excluding carboxylic acids is 1. The Morgan fingerprint density at radius 3 is 2.41 bits per heavy atom. The number of halogens is 1. The van der Waals surface area contributed by atoms with E-state index in [0.29, 0.717) is 10.6 Å². The van der Waals surface area contributed by atoms with E-state index in [2.05, 4.69) is 16.7 Å². The van der Waals surface area contributed by atoms with Crippen molar-refractivity contribution in [1.82, 2.24) is 5.32 Å². The van der Waals surface area contributed by atoms with E-state index in [9.17, 15) is 4.79 Å². The highest BCUT2D eigenvalue weighted by atomic mass is 35.5. The molecule has 0 bridgehead atoms. The molecule has 0 spiro atoms. The van der Waals surface area contributed by atoms with Crippen molar-refractivity contribution >= 4 is 23.2 Å². The highest BCUT2D eigenvalue weighted by Gasteiger charge is 2.09. The topological polar surface area (TPSA) is 64.9 Å². The van der Waals surface area contributed by atoms with Crippen molar-refractivity contribution in [2.24, 2.45) is 0 Å². The van der Waals surface area contributed by atoms with Crippen molar-refractivity contribution in [3.63, 3.8) is 0 Å². The summed E-state index contributed by atoms with van der Waals surface area (Å²) in [6.45, 7) is 2.09. The van der Waals surface area contributed by atoms with Gasteiger partial charge in [-0.05, 0) is 48.9 Å². The molecule has 4 nitrogen and oxygen atoms in total. The molecule has 2 aromatic rings. The maximum atomic E-state index is 11.9. The van der Waals surface area contributed by atoms with Crippen molar-refractivity contribution in [3.05, 3.63) is 64.7 Å². The first kappa shape index (κ1) is 15.9. The van der Waals surface area contributed by atoms with Crippen LogP contribution in [0.3, 0.4) is 0 Å². The summed E-state index contributed by atoms with van der Waals surface area (Å²) in [6, 6.07) is 16.3. The Hall–Kier alpha value is -2.51. The molecule has 0 aliphatic rings. The number of benzene rings is 2. The molecule has 1 atom stereocenters. The zero-order valence-electron chi connectivity index (χ0n) is 12.1. The molecular formula is C17H16ClN3O. The standard InChI is InChI=1S/C17H16ClN3O/c1-12(14-4-6-15(18)7-5-14)21-17(22)11-20-16-8-2-13(10-19)3-9-16/h2-9,12,20H,11H2,1H3,(H,21,22). The first-order chi connectivity index (χ1) is 10.6. The predicted octanol–water partition coefficient (Wildman–Crippen LogP) is 3.50. The number of rotatable bonds is 5. The summed E-state index contributed by atoms with van der Waals surface area (Å²) in [4.78, 5) is 11.9. The maximum absolute atomic E-state index is 11.9. The van der Waals surface area contributed by atoms with E-state index in [-0.39, 0.29) is 18.5 Å². The minimum Gasteiger partial charge on any atom is -0.376 e. The van der Waals surface area contributed by atoms with Crippen LogP contribution < -0.4 is 10.6 Å². The van der Waals surface area contributed by atoms with Gasteiger partial charge in [-0.3, -0.25) is 4.79 Å². The first-order valence-electron chi connectivity index (χ1n) is 6.87. The van der Waals surface area contributed by atoms with Crippen LogP contribution in [-0.2, 0) is 4.79 Å². The van der Waals surface area contributed by atoms with Crippen LogP contribution in [0.1, 0.15) is 24.1 Å². The minimum absolute atomic E-state index is 0.0902. The molecule has 0 aliphatic carbocycles. The monoisotopic (exact) mass is 313 g/mol. The zero-order valence-corrected chi connectivity index (χ0v) is 12.9. The lowest BCUT2D eigenvalue weighted by molar-refractivity contribution is -0.120. The molecule has 0 saturated carbocycles. The number of anilines is 1. The van der Waals surface area contributed by atoms with Crippen LogP contribution >= 0.6 is 11.6 Å². The summed E-state index contributed by atoms with van der Waals surface area (Å²) in [5, 5.41) is 15.3. The SMILES string of the molecule is CC(NC(=O)CNc1ccc(C#N)cc1)c1ccc(Cl)cc1. The third-order valence-corrected chi connectivity index (χ3v) is 3.47. The van der Waals surface area contributed by atoms with Gasteiger partial charge < -0.3 is 10.6 Å². The van der Waals surface area contributed by atoms with Gasteiger partial charge in [0.25, 0.3) is 0 Å². The molecule has 0 radical (unpaired) electrons. The molecule has 2 aromatic carbocycles. The van der Waals surface area contributed by atoms with E-state index < -0.39 is 0 Å². The lowest BCUT2D eigenvalue weighted by Gasteiger charge is -2.15. The summed E-state index contributed by atoms with van der Waals surface area (Å²) in [6.07, 6.45) is 0. The molecule has 22 heavy (non-hydrogen) atoms. The highest BCUT2D eigenvalue weighted by Crippen LogP contribution is 2.16. The van der Waals surface area contributed by atoms with E-state index >= 15 is 0 Å². The van der Waals surface area contributed by atoms with Gasteiger partial charge in [-0.2, -0.15) is 5.26 Å². The van der Waals surface area contributed by atoms with Gasteiger partial charge in [-0.25, -0.2) is 0 Å². The van der Waals surface area contributed by atoms with Crippen molar-refractivity contribution in [2.75, 3.05) is 11.9 Å². The molecule has 1 amide bonds. The molecule has 0 saturated heterocycles. The molecule has 2 N–H and O–H groups in total. The smallest absolute Gasteiger partial charge is 0.239 e. The first-order valence-corrected chi connectivity index (χ1v) is 7.25. The average Bonchev–Trinajstić information content (AvgIpc) is 2.54. The van der Waals surface area contributed by atoms with E-state index in [4.69, 9.17) is 16.9 Å². The van der Waals surface area contributed by atoms with Crippen LogP contribution in [0.2, 0.25) is 5.02 Å². The summed E-state index contributed by atoms with van der Waals surface area (Å²) >= 11 is 5.84. The van der Waals surface area contributed by atoms with Gasteiger partial charge in [-0.1, -0.05) is 23.7 Å². The van der Waals surface area contributed by atoms with Crippen LogP contribution in [0.4, 0.5) is 5.69 Å². The lowest BCUT2D eigenvalue weighted by atomic mass is 10.1. The molecule has 5 heteroatoms. The number of nitrogens with one attached hydrogen (secondary N) is 2. The fraction of sp³-hybridized carbons (Fsp3) is 0.176. The fourth-order valence-electron chi connectivity index (χ4n) is 1.97. The van der Waals surface area contributed by atoms with Gasteiger partial charge in [0.15, 0.2) is 0 Å². The zero-order chi connectivity index (χ0) is 15.9. The van der Waals surface area contributed by atoms with Crippen molar-refractivity contribution < 1.29 is 4.79 Å². The molecule has 0 aromatic heterocycles. The number of carbonyl (C=O) groups is 1. The van der Waals surface area contributed by atoms with Gasteiger partial charge in [0.1, 0.15) is 0 Å². The Labute approximate surface area is 134 Å².